The Morgan fingerprint density at radius 2 is 2.24 bits per heavy atom. The van der Waals surface area contributed by atoms with Crippen LogP contribution < -0.4 is 5.73 Å². The van der Waals surface area contributed by atoms with Gasteiger partial charge in [0.2, 0.25) is 0 Å². The molecule has 2 N–H and O–H groups in total. The summed E-state index contributed by atoms with van der Waals surface area (Å²) >= 11 is 0. The number of halogens is 1. The molecule has 17 heavy (non-hydrogen) atoms. The van der Waals surface area contributed by atoms with Crippen molar-refractivity contribution in [2.45, 2.75) is 31.7 Å². The highest BCUT2D eigenvalue weighted by Crippen LogP contribution is 2.32. The third kappa shape index (κ3) is 2.44. The Hall–Kier alpha value is -1.48. The molecule has 0 radical (unpaired) electrons. The van der Waals surface area contributed by atoms with Crippen LogP contribution >= 0.6 is 0 Å². The highest BCUT2D eigenvalue weighted by Gasteiger charge is 2.23. The fraction of sp³-hybridized carbons (Fsp3) is 0.357. The first kappa shape index (κ1) is 12.0. The Bertz CT molecular complexity index is 477. The topological polar surface area (TPSA) is 43.1 Å². The van der Waals surface area contributed by atoms with Crippen LogP contribution in [0.1, 0.15) is 42.1 Å². The third-order valence-electron chi connectivity index (χ3n) is 3.30. The van der Waals surface area contributed by atoms with Crippen LogP contribution in [0.15, 0.2) is 24.3 Å². The second-order valence-electron chi connectivity index (χ2n) is 4.91. The van der Waals surface area contributed by atoms with Crippen molar-refractivity contribution in [2.24, 2.45) is 5.73 Å². The molecular weight excluding hydrogens is 217 g/mol. The molecule has 90 valence electrons. The molecule has 2 rings (SSSR count). The summed E-state index contributed by atoms with van der Waals surface area (Å²) in [6.07, 6.45) is 5.01. The average molecular weight is 233 g/mol. The van der Waals surface area contributed by atoms with Gasteiger partial charge in [0.15, 0.2) is 6.29 Å². The van der Waals surface area contributed by atoms with Crippen LogP contribution in [0.3, 0.4) is 0 Å². The molecule has 0 aromatic heterocycles. The van der Waals surface area contributed by atoms with Gasteiger partial charge >= 0.3 is 0 Å². The second kappa shape index (κ2) is 4.41. The van der Waals surface area contributed by atoms with Gasteiger partial charge in [-0.3, -0.25) is 4.79 Å². The van der Waals surface area contributed by atoms with Crippen LogP contribution in [-0.4, -0.2) is 11.8 Å². The zero-order valence-corrected chi connectivity index (χ0v) is 9.87. The maximum Gasteiger partial charge on any atom is 0.153 e. The van der Waals surface area contributed by atoms with Crippen molar-refractivity contribution in [3.63, 3.8) is 0 Å². The number of rotatable bonds is 2. The SMILES string of the molecule is CC1(N)CC=C(c2cccc(F)c2C=O)CC1. The van der Waals surface area contributed by atoms with E-state index in [1.54, 1.807) is 12.1 Å². The van der Waals surface area contributed by atoms with Gasteiger partial charge in [0.25, 0.3) is 0 Å². The molecule has 0 amide bonds. The maximum absolute atomic E-state index is 13.5. The van der Waals surface area contributed by atoms with E-state index in [0.29, 0.717) is 11.8 Å². The Morgan fingerprint density at radius 1 is 1.47 bits per heavy atom. The van der Waals surface area contributed by atoms with Gasteiger partial charge in [0.05, 0.1) is 5.56 Å². The zero-order chi connectivity index (χ0) is 12.5. The largest absolute Gasteiger partial charge is 0.325 e. The lowest BCUT2D eigenvalue weighted by Gasteiger charge is -2.29. The van der Waals surface area contributed by atoms with E-state index < -0.39 is 5.82 Å². The summed E-state index contributed by atoms with van der Waals surface area (Å²) < 4.78 is 13.5. The summed E-state index contributed by atoms with van der Waals surface area (Å²) in [7, 11) is 0. The van der Waals surface area contributed by atoms with Gasteiger partial charge < -0.3 is 5.73 Å². The van der Waals surface area contributed by atoms with E-state index in [4.69, 9.17) is 5.73 Å². The summed E-state index contributed by atoms with van der Waals surface area (Å²) in [5.41, 5.74) is 7.73. The fourth-order valence-electron chi connectivity index (χ4n) is 2.16. The minimum Gasteiger partial charge on any atom is -0.325 e. The summed E-state index contributed by atoms with van der Waals surface area (Å²) in [5, 5.41) is 0. The van der Waals surface area contributed by atoms with Gasteiger partial charge in [0.1, 0.15) is 5.82 Å². The molecule has 1 aliphatic carbocycles. The lowest BCUT2D eigenvalue weighted by Crippen LogP contribution is -2.37. The number of nitrogens with two attached hydrogens (primary N) is 1. The van der Waals surface area contributed by atoms with E-state index >= 15 is 0 Å². The van der Waals surface area contributed by atoms with Gasteiger partial charge in [-0.05, 0) is 43.4 Å². The lowest BCUT2D eigenvalue weighted by atomic mass is 9.82. The van der Waals surface area contributed by atoms with Crippen molar-refractivity contribution in [3.8, 4) is 0 Å². The van der Waals surface area contributed by atoms with E-state index in [1.807, 2.05) is 13.0 Å². The number of hydrogen-bond donors (Lipinski definition) is 1. The minimum absolute atomic E-state index is 0.152. The third-order valence-corrected chi connectivity index (χ3v) is 3.30. The standard InChI is InChI=1S/C14H16FNO/c1-14(16)7-5-10(6-8-14)11-3-2-4-13(15)12(11)9-17/h2-5,9H,6-8,16H2,1H3. The van der Waals surface area contributed by atoms with Crippen LogP contribution in [0.2, 0.25) is 0 Å². The smallest absolute Gasteiger partial charge is 0.153 e. The predicted molar refractivity (Wildman–Crippen MR) is 66.2 cm³/mol. The van der Waals surface area contributed by atoms with Crippen LogP contribution in [-0.2, 0) is 0 Å². The van der Waals surface area contributed by atoms with Crippen molar-refractivity contribution in [3.05, 3.63) is 41.2 Å². The molecule has 1 aromatic carbocycles. The molecule has 2 nitrogen and oxygen atoms in total. The first-order chi connectivity index (χ1) is 8.03. The van der Waals surface area contributed by atoms with Gasteiger partial charge in [0, 0.05) is 5.54 Å². The molecule has 0 heterocycles. The highest BCUT2D eigenvalue weighted by atomic mass is 19.1. The number of carbonyl (C=O) groups excluding carboxylic acids is 1. The predicted octanol–water partition coefficient (Wildman–Crippen LogP) is 2.92. The van der Waals surface area contributed by atoms with Crippen LogP contribution in [0.5, 0.6) is 0 Å². The van der Waals surface area contributed by atoms with Gasteiger partial charge in [-0.1, -0.05) is 18.2 Å². The highest BCUT2D eigenvalue weighted by molar-refractivity contribution is 5.86. The Labute approximate surface area is 100 Å². The Balaban J connectivity index is 2.39. The summed E-state index contributed by atoms with van der Waals surface area (Å²) in [4.78, 5) is 10.9. The lowest BCUT2D eigenvalue weighted by molar-refractivity contribution is 0.111. The molecule has 0 spiro atoms. The quantitative estimate of drug-likeness (QED) is 0.798. The molecular formula is C14H16FNO. The van der Waals surface area contributed by atoms with E-state index in [2.05, 4.69) is 0 Å². The average Bonchev–Trinajstić information content (AvgIpc) is 2.29. The first-order valence-electron chi connectivity index (χ1n) is 5.75. The molecule has 0 saturated heterocycles. The van der Waals surface area contributed by atoms with Crippen molar-refractivity contribution in [1.29, 1.82) is 0 Å². The van der Waals surface area contributed by atoms with Gasteiger partial charge in [-0.15, -0.1) is 0 Å². The molecule has 1 atom stereocenters. The molecule has 0 saturated carbocycles. The van der Waals surface area contributed by atoms with E-state index in [9.17, 15) is 9.18 Å². The number of carbonyl (C=O) groups is 1. The van der Waals surface area contributed by atoms with Crippen LogP contribution in [0, 0.1) is 5.82 Å². The summed E-state index contributed by atoms with van der Waals surface area (Å²) in [5.74, 6) is -0.459. The van der Waals surface area contributed by atoms with Crippen molar-refractivity contribution in [1.82, 2.24) is 0 Å². The molecule has 1 aliphatic rings. The maximum atomic E-state index is 13.5. The molecule has 0 aliphatic heterocycles. The van der Waals surface area contributed by atoms with Gasteiger partial charge in [-0.25, -0.2) is 4.39 Å². The van der Waals surface area contributed by atoms with E-state index in [0.717, 1.165) is 24.8 Å². The van der Waals surface area contributed by atoms with Crippen LogP contribution in [0.4, 0.5) is 4.39 Å². The molecule has 1 unspecified atom stereocenters. The second-order valence-corrected chi connectivity index (χ2v) is 4.91. The normalized spacial score (nSPS) is 24.3. The summed E-state index contributed by atoms with van der Waals surface area (Å²) in [6, 6.07) is 4.73. The molecule has 0 bridgehead atoms. The number of allylic oxidation sites excluding steroid dienone is 1. The number of benzene rings is 1. The fourth-order valence-corrected chi connectivity index (χ4v) is 2.16. The minimum atomic E-state index is -0.459. The van der Waals surface area contributed by atoms with Gasteiger partial charge in [-0.2, -0.15) is 0 Å². The van der Waals surface area contributed by atoms with Crippen LogP contribution in [0.25, 0.3) is 5.57 Å². The molecule has 3 heteroatoms. The first-order valence-corrected chi connectivity index (χ1v) is 5.75. The van der Waals surface area contributed by atoms with Crippen molar-refractivity contribution >= 4 is 11.9 Å². The summed E-state index contributed by atoms with van der Waals surface area (Å²) in [6.45, 7) is 2.01. The molecule has 1 aromatic rings. The van der Waals surface area contributed by atoms with Crippen molar-refractivity contribution in [2.75, 3.05) is 0 Å². The number of hydrogen-bond acceptors (Lipinski definition) is 2. The Morgan fingerprint density at radius 3 is 2.82 bits per heavy atom. The van der Waals surface area contributed by atoms with Crippen molar-refractivity contribution < 1.29 is 9.18 Å². The van der Waals surface area contributed by atoms with E-state index in [1.165, 1.54) is 6.07 Å². The molecule has 0 fully saturated rings. The Kier molecular flexibility index (Phi) is 3.11. The van der Waals surface area contributed by atoms with E-state index in [-0.39, 0.29) is 11.1 Å². The zero-order valence-electron chi connectivity index (χ0n) is 9.87. The monoisotopic (exact) mass is 233 g/mol. The number of aldehydes is 1.